The van der Waals surface area contributed by atoms with Crippen molar-refractivity contribution >= 4 is 11.6 Å². The van der Waals surface area contributed by atoms with Crippen molar-refractivity contribution in [3.8, 4) is 5.82 Å². The topological polar surface area (TPSA) is 90.4 Å². The number of fused-ring (bicyclic) bond motifs is 1. The average Bonchev–Trinajstić information content (AvgIpc) is 3.48. The Labute approximate surface area is 155 Å². The van der Waals surface area contributed by atoms with Gasteiger partial charge in [-0.2, -0.15) is 9.61 Å². The van der Waals surface area contributed by atoms with Gasteiger partial charge in [-0.3, -0.25) is 4.79 Å². The number of hydrogen-bond acceptors (Lipinski definition) is 6. The lowest BCUT2D eigenvalue weighted by Gasteiger charge is -2.32. The van der Waals surface area contributed by atoms with Gasteiger partial charge < -0.3 is 9.64 Å². The Kier molecular flexibility index (Phi) is 4.08. The zero-order chi connectivity index (χ0) is 18.2. The molecule has 0 aliphatic carbocycles. The van der Waals surface area contributed by atoms with Gasteiger partial charge in [-0.05, 0) is 43.9 Å². The van der Waals surface area contributed by atoms with Gasteiger partial charge in [0.05, 0.1) is 0 Å². The third-order valence-corrected chi connectivity index (χ3v) is 5.39. The Balaban J connectivity index is 1.34. The fourth-order valence-corrected chi connectivity index (χ4v) is 3.91. The molecule has 0 N–H and O–H groups in total. The normalized spacial score (nSPS) is 21.2. The van der Waals surface area contributed by atoms with Crippen LogP contribution in [-0.4, -0.2) is 66.2 Å². The van der Waals surface area contributed by atoms with E-state index in [1.807, 2.05) is 29.3 Å². The van der Waals surface area contributed by atoms with E-state index in [1.54, 1.807) is 15.4 Å². The fourth-order valence-electron chi connectivity index (χ4n) is 3.91. The van der Waals surface area contributed by atoms with Crippen LogP contribution in [0.15, 0.2) is 30.6 Å². The van der Waals surface area contributed by atoms with E-state index in [2.05, 4.69) is 20.4 Å². The monoisotopic (exact) mass is 367 g/mol. The molecule has 9 heteroatoms. The minimum Gasteiger partial charge on any atom is -0.368 e. The van der Waals surface area contributed by atoms with Gasteiger partial charge in [0.15, 0.2) is 17.3 Å². The number of nitrogens with zero attached hydrogens (tertiary/aromatic N) is 7. The molecule has 0 saturated carbocycles. The van der Waals surface area contributed by atoms with Crippen molar-refractivity contribution in [3.63, 3.8) is 0 Å². The van der Waals surface area contributed by atoms with Crippen LogP contribution in [0.25, 0.3) is 11.5 Å². The van der Waals surface area contributed by atoms with Crippen LogP contribution < -0.4 is 0 Å². The maximum atomic E-state index is 12.5. The van der Waals surface area contributed by atoms with E-state index in [9.17, 15) is 4.79 Å². The number of carbonyl (C=O) groups is 1. The summed E-state index contributed by atoms with van der Waals surface area (Å²) in [5.41, 5.74) is 0.721. The highest BCUT2D eigenvalue weighted by atomic mass is 16.5. The number of amides is 1. The third-order valence-electron chi connectivity index (χ3n) is 5.39. The molecule has 9 nitrogen and oxygen atoms in total. The Morgan fingerprint density at radius 2 is 2.04 bits per heavy atom. The van der Waals surface area contributed by atoms with Crippen molar-refractivity contribution in [1.29, 1.82) is 0 Å². The van der Waals surface area contributed by atoms with E-state index in [4.69, 9.17) is 4.74 Å². The number of piperidine rings is 1. The minimum atomic E-state index is -0.242. The van der Waals surface area contributed by atoms with Crippen LogP contribution in [0.4, 0.5) is 0 Å². The van der Waals surface area contributed by atoms with Gasteiger partial charge in [0.1, 0.15) is 6.10 Å². The predicted octanol–water partition coefficient (Wildman–Crippen LogP) is 1.19. The van der Waals surface area contributed by atoms with Gasteiger partial charge >= 0.3 is 0 Å². The lowest BCUT2D eigenvalue weighted by Crippen LogP contribution is -2.43. The first-order valence-electron chi connectivity index (χ1n) is 9.42. The van der Waals surface area contributed by atoms with Crippen LogP contribution in [0.1, 0.15) is 37.4 Å². The summed E-state index contributed by atoms with van der Waals surface area (Å²) < 4.78 is 9.06. The molecule has 140 valence electrons. The number of rotatable bonds is 3. The number of likely N-dealkylation sites (tertiary alicyclic amines) is 1. The Hall–Kier alpha value is -2.81. The fraction of sp³-hybridized carbons (Fsp3) is 0.500. The zero-order valence-electron chi connectivity index (χ0n) is 14.9. The standard InChI is InChI=1S/C18H21N7O2/c26-18(14-3-1-12-27-14)23-10-6-13(7-11-23)17-21-20-15-4-5-16(22-25(15)17)24-9-2-8-19-24/h2,4-5,8-9,13-14H,1,3,6-7,10-12H2. The van der Waals surface area contributed by atoms with Crippen molar-refractivity contribution in [3.05, 3.63) is 36.4 Å². The van der Waals surface area contributed by atoms with E-state index in [0.29, 0.717) is 6.61 Å². The quantitative estimate of drug-likeness (QED) is 0.691. The molecule has 27 heavy (non-hydrogen) atoms. The molecular formula is C18H21N7O2. The number of carbonyl (C=O) groups excluding carboxylic acids is 1. The molecule has 2 fully saturated rings. The molecule has 2 saturated heterocycles. The second-order valence-corrected chi connectivity index (χ2v) is 7.07. The lowest BCUT2D eigenvalue weighted by atomic mass is 9.95. The van der Waals surface area contributed by atoms with Crippen molar-refractivity contribution in [2.24, 2.45) is 0 Å². The van der Waals surface area contributed by atoms with Gasteiger partial charge in [0.25, 0.3) is 5.91 Å². The highest BCUT2D eigenvalue weighted by Gasteiger charge is 2.32. The van der Waals surface area contributed by atoms with Crippen molar-refractivity contribution < 1.29 is 9.53 Å². The summed E-state index contributed by atoms with van der Waals surface area (Å²) in [5.74, 6) is 1.94. The zero-order valence-corrected chi connectivity index (χ0v) is 14.9. The highest BCUT2D eigenvalue weighted by molar-refractivity contribution is 5.81. The summed E-state index contributed by atoms with van der Waals surface area (Å²) in [7, 11) is 0. The number of hydrogen-bond donors (Lipinski definition) is 0. The molecule has 0 radical (unpaired) electrons. The van der Waals surface area contributed by atoms with Gasteiger partial charge in [-0.1, -0.05) is 0 Å². The van der Waals surface area contributed by atoms with Crippen LogP contribution in [0.3, 0.4) is 0 Å². The first-order valence-corrected chi connectivity index (χ1v) is 9.42. The molecule has 2 aliphatic heterocycles. The first kappa shape index (κ1) is 16.4. The van der Waals surface area contributed by atoms with Crippen molar-refractivity contribution in [1.82, 2.24) is 34.5 Å². The van der Waals surface area contributed by atoms with Crippen molar-refractivity contribution in [2.45, 2.75) is 37.7 Å². The molecule has 5 rings (SSSR count). The SMILES string of the molecule is O=C(C1CCCO1)N1CCC(c2nnc3ccc(-n4cccn4)nn23)CC1. The van der Waals surface area contributed by atoms with Gasteiger partial charge in [0, 0.05) is 38.0 Å². The van der Waals surface area contributed by atoms with Crippen LogP contribution in [0, 0.1) is 0 Å². The second kappa shape index (κ2) is 6.73. The number of ether oxygens (including phenoxy) is 1. The van der Waals surface area contributed by atoms with E-state index < -0.39 is 0 Å². The summed E-state index contributed by atoms with van der Waals surface area (Å²) in [5, 5.41) is 17.5. The summed E-state index contributed by atoms with van der Waals surface area (Å²) in [6, 6.07) is 5.64. The smallest absolute Gasteiger partial charge is 0.251 e. The summed E-state index contributed by atoms with van der Waals surface area (Å²) >= 11 is 0. The van der Waals surface area contributed by atoms with E-state index in [0.717, 1.165) is 56.1 Å². The molecule has 0 bridgehead atoms. The van der Waals surface area contributed by atoms with E-state index in [-0.39, 0.29) is 17.9 Å². The molecule has 1 unspecified atom stereocenters. The maximum absolute atomic E-state index is 12.5. The Morgan fingerprint density at radius 3 is 2.78 bits per heavy atom. The van der Waals surface area contributed by atoms with E-state index in [1.165, 1.54) is 0 Å². The Morgan fingerprint density at radius 1 is 1.15 bits per heavy atom. The third kappa shape index (κ3) is 2.97. The predicted molar refractivity (Wildman–Crippen MR) is 95.4 cm³/mol. The molecule has 1 amide bonds. The second-order valence-electron chi connectivity index (χ2n) is 7.07. The number of aromatic nitrogens is 6. The summed E-state index contributed by atoms with van der Waals surface area (Å²) in [6.07, 6.45) is 6.86. The molecule has 1 atom stereocenters. The molecule has 2 aliphatic rings. The van der Waals surface area contributed by atoms with Gasteiger partial charge in [-0.15, -0.1) is 15.3 Å². The van der Waals surface area contributed by atoms with Gasteiger partial charge in [0.2, 0.25) is 0 Å². The van der Waals surface area contributed by atoms with Crippen LogP contribution >= 0.6 is 0 Å². The molecule has 5 heterocycles. The molecule has 3 aromatic rings. The maximum Gasteiger partial charge on any atom is 0.251 e. The first-order chi connectivity index (χ1) is 13.3. The van der Waals surface area contributed by atoms with E-state index >= 15 is 0 Å². The van der Waals surface area contributed by atoms with Crippen LogP contribution in [0.2, 0.25) is 0 Å². The lowest BCUT2D eigenvalue weighted by molar-refractivity contribution is -0.142. The largest absolute Gasteiger partial charge is 0.368 e. The highest BCUT2D eigenvalue weighted by Crippen LogP contribution is 2.28. The molecule has 0 spiro atoms. The molecular weight excluding hydrogens is 346 g/mol. The molecule has 0 aromatic carbocycles. The summed E-state index contributed by atoms with van der Waals surface area (Å²) in [6.45, 7) is 2.14. The van der Waals surface area contributed by atoms with Crippen molar-refractivity contribution in [2.75, 3.05) is 19.7 Å². The summed E-state index contributed by atoms with van der Waals surface area (Å²) in [4.78, 5) is 14.5. The minimum absolute atomic E-state index is 0.135. The average molecular weight is 367 g/mol. The molecule has 3 aromatic heterocycles. The van der Waals surface area contributed by atoms with Gasteiger partial charge in [-0.25, -0.2) is 4.68 Å². The van der Waals surface area contributed by atoms with Crippen LogP contribution in [0.5, 0.6) is 0 Å². The van der Waals surface area contributed by atoms with Crippen LogP contribution in [-0.2, 0) is 9.53 Å². The Bertz CT molecular complexity index is 938.